The number of carbonyl (C=O) groups excluding carboxylic acids is 2. The van der Waals surface area contributed by atoms with Crippen LogP contribution in [0.4, 0.5) is 11.4 Å². The summed E-state index contributed by atoms with van der Waals surface area (Å²) in [5.74, 6) is -0.385. The molecule has 3 N–H and O–H groups in total. The predicted molar refractivity (Wildman–Crippen MR) is 120 cm³/mol. The number of rotatable bonds is 3. The molecule has 0 atom stereocenters. The van der Waals surface area contributed by atoms with Gasteiger partial charge in [-0.2, -0.15) is 0 Å². The molecule has 0 unspecified atom stereocenters. The lowest BCUT2D eigenvalue weighted by molar-refractivity contribution is 0.0899. The number of ketones is 1. The van der Waals surface area contributed by atoms with Gasteiger partial charge in [-0.3, -0.25) is 9.59 Å². The number of nitrogens with zero attached hydrogens (tertiary/aromatic N) is 2. The quantitative estimate of drug-likeness (QED) is 0.450. The fourth-order valence-electron chi connectivity index (χ4n) is 5.09. The van der Waals surface area contributed by atoms with Gasteiger partial charge in [0.1, 0.15) is 12.3 Å². The van der Waals surface area contributed by atoms with Crippen LogP contribution in [0.2, 0.25) is 0 Å². The monoisotopic (exact) mass is 414 g/mol. The van der Waals surface area contributed by atoms with Gasteiger partial charge in [0.15, 0.2) is 0 Å². The Kier molecular flexibility index (Phi) is 3.79. The Hall–Kier alpha value is -3.58. The molecule has 6 rings (SSSR count). The van der Waals surface area contributed by atoms with E-state index in [-0.39, 0.29) is 11.7 Å². The van der Waals surface area contributed by atoms with E-state index in [9.17, 15) is 9.59 Å². The molecule has 0 saturated heterocycles. The maximum Gasteiger partial charge on any atom is 0.274 e. The molecule has 0 aliphatic carbocycles. The fraction of sp³-hybridized carbons (Fsp3) is 0.250. The van der Waals surface area contributed by atoms with Crippen LogP contribution in [0.15, 0.2) is 36.4 Å². The molecule has 0 fully saturated rings. The topological polar surface area (TPSA) is 92.4 Å². The van der Waals surface area contributed by atoms with Crippen molar-refractivity contribution in [2.75, 3.05) is 36.5 Å². The number of carbonyl (C=O) groups is 2. The first-order valence-electron chi connectivity index (χ1n) is 10.5. The van der Waals surface area contributed by atoms with Gasteiger partial charge in [0, 0.05) is 53.3 Å². The Bertz CT molecular complexity index is 1400. The highest BCUT2D eigenvalue weighted by atomic mass is 16.3. The summed E-state index contributed by atoms with van der Waals surface area (Å²) in [5.41, 5.74) is 7.29. The number of H-pyrrole nitrogens is 2. The number of aromatic amines is 2. The zero-order valence-corrected chi connectivity index (χ0v) is 17.2. The van der Waals surface area contributed by atoms with Crippen LogP contribution in [0.1, 0.15) is 32.1 Å². The lowest BCUT2D eigenvalue weighted by Crippen LogP contribution is -2.29. The van der Waals surface area contributed by atoms with Gasteiger partial charge >= 0.3 is 0 Å². The molecular formula is C24H22N4O3. The van der Waals surface area contributed by atoms with E-state index in [1.54, 1.807) is 6.07 Å². The lowest BCUT2D eigenvalue weighted by Gasteiger charge is -2.16. The average molecular weight is 414 g/mol. The molecule has 4 aromatic rings. The Labute approximate surface area is 178 Å². The number of fused-ring (bicyclic) bond motifs is 6. The standard InChI is InChI=1S/C24H22N4O3/c1-27-8-6-13-16-11-20(26-18(16)2-4-21(13)27)24(31)28-9-7-14-15-10-19(23(30)12-29)25-17(15)3-5-22(14)28/h2-5,10-11,25-26,29H,6-9,12H2,1H3. The van der Waals surface area contributed by atoms with Crippen LogP contribution in [0.25, 0.3) is 21.8 Å². The summed E-state index contributed by atoms with van der Waals surface area (Å²) >= 11 is 0. The summed E-state index contributed by atoms with van der Waals surface area (Å²) < 4.78 is 0. The van der Waals surface area contributed by atoms with Gasteiger partial charge in [-0.1, -0.05) is 0 Å². The second-order valence-electron chi connectivity index (χ2n) is 8.37. The van der Waals surface area contributed by atoms with E-state index in [1.165, 1.54) is 11.3 Å². The van der Waals surface area contributed by atoms with E-state index in [0.717, 1.165) is 52.4 Å². The third-order valence-electron chi connectivity index (χ3n) is 6.68. The fourth-order valence-corrected chi connectivity index (χ4v) is 5.09. The number of nitrogens with one attached hydrogen (secondary N) is 2. The first kappa shape index (κ1) is 18.2. The highest BCUT2D eigenvalue weighted by molar-refractivity contribution is 6.11. The molecule has 31 heavy (non-hydrogen) atoms. The summed E-state index contributed by atoms with van der Waals surface area (Å²) in [4.78, 5) is 35.8. The highest BCUT2D eigenvalue weighted by Crippen LogP contribution is 2.37. The van der Waals surface area contributed by atoms with Crippen molar-refractivity contribution in [3.05, 3.63) is 58.9 Å². The molecule has 2 aromatic heterocycles. The van der Waals surface area contributed by atoms with Crippen LogP contribution in [0.5, 0.6) is 0 Å². The summed E-state index contributed by atoms with van der Waals surface area (Å²) in [6.45, 7) is 1.06. The van der Waals surface area contributed by atoms with Crippen LogP contribution in [0.3, 0.4) is 0 Å². The van der Waals surface area contributed by atoms with E-state index < -0.39 is 6.61 Å². The number of hydrogen-bond acceptors (Lipinski definition) is 4. The minimum atomic E-state index is -0.528. The van der Waals surface area contributed by atoms with Crippen molar-refractivity contribution in [1.82, 2.24) is 9.97 Å². The highest BCUT2D eigenvalue weighted by Gasteiger charge is 2.29. The van der Waals surface area contributed by atoms with Crippen LogP contribution >= 0.6 is 0 Å². The summed E-state index contributed by atoms with van der Waals surface area (Å²) in [7, 11) is 2.10. The van der Waals surface area contributed by atoms with Gasteiger partial charge in [0.2, 0.25) is 5.78 Å². The molecular weight excluding hydrogens is 392 g/mol. The number of hydrogen-bond donors (Lipinski definition) is 3. The third kappa shape index (κ3) is 2.56. The lowest BCUT2D eigenvalue weighted by atomic mass is 10.1. The number of likely N-dealkylation sites (N-methyl/N-ethyl adjacent to an activating group) is 1. The van der Waals surface area contributed by atoms with Crippen LogP contribution in [-0.4, -0.2) is 53.5 Å². The molecule has 0 bridgehead atoms. The summed E-state index contributed by atoms with van der Waals surface area (Å²) in [6, 6.07) is 11.8. The van der Waals surface area contributed by atoms with E-state index in [1.807, 2.05) is 29.2 Å². The maximum atomic E-state index is 13.4. The minimum absolute atomic E-state index is 0.0448. The van der Waals surface area contributed by atoms with Gasteiger partial charge < -0.3 is 24.9 Å². The van der Waals surface area contributed by atoms with Crippen molar-refractivity contribution in [3.63, 3.8) is 0 Å². The van der Waals surface area contributed by atoms with E-state index in [2.05, 4.69) is 28.0 Å². The first-order valence-corrected chi connectivity index (χ1v) is 10.5. The number of aliphatic hydroxyl groups is 1. The van der Waals surface area contributed by atoms with Crippen molar-refractivity contribution in [1.29, 1.82) is 0 Å². The molecule has 4 heterocycles. The Morgan fingerprint density at radius 3 is 2.26 bits per heavy atom. The average Bonchev–Trinajstić information content (AvgIpc) is 3.54. The van der Waals surface area contributed by atoms with Gasteiger partial charge in [0.25, 0.3) is 5.91 Å². The summed E-state index contributed by atoms with van der Waals surface area (Å²) in [5, 5.41) is 11.2. The van der Waals surface area contributed by atoms with E-state index in [0.29, 0.717) is 17.9 Å². The van der Waals surface area contributed by atoms with Gasteiger partial charge in [-0.25, -0.2) is 0 Å². The molecule has 2 aliphatic rings. The first-order chi connectivity index (χ1) is 15.0. The number of anilines is 2. The van der Waals surface area contributed by atoms with Gasteiger partial charge in [-0.05, 0) is 60.4 Å². The van der Waals surface area contributed by atoms with Crippen LogP contribution in [-0.2, 0) is 12.8 Å². The second-order valence-corrected chi connectivity index (χ2v) is 8.37. The maximum absolute atomic E-state index is 13.4. The van der Waals surface area contributed by atoms with Gasteiger partial charge in [-0.15, -0.1) is 0 Å². The number of amides is 1. The molecule has 0 radical (unpaired) electrons. The predicted octanol–water partition coefficient (Wildman–Crippen LogP) is 3.02. The molecule has 156 valence electrons. The van der Waals surface area contributed by atoms with Crippen molar-refractivity contribution < 1.29 is 14.7 Å². The number of aromatic nitrogens is 2. The number of Topliss-reactive ketones (excluding diaryl/α,β-unsaturated/α-hetero) is 1. The molecule has 0 saturated carbocycles. The van der Waals surface area contributed by atoms with Crippen molar-refractivity contribution in [2.45, 2.75) is 12.8 Å². The SMILES string of the molecule is CN1CCc2c1ccc1[nH]c(C(=O)N3CCc4c3ccc3[nH]c(C(=O)CO)cc43)cc21. The third-order valence-corrected chi connectivity index (χ3v) is 6.68. The Balaban J connectivity index is 1.39. The van der Waals surface area contributed by atoms with Crippen molar-refractivity contribution in [3.8, 4) is 0 Å². The molecule has 0 spiro atoms. The smallest absolute Gasteiger partial charge is 0.274 e. The zero-order valence-electron chi connectivity index (χ0n) is 17.2. The van der Waals surface area contributed by atoms with Crippen LogP contribution < -0.4 is 9.80 Å². The molecule has 1 amide bonds. The largest absolute Gasteiger partial charge is 0.388 e. The minimum Gasteiger partial charge on any atom is -0.388 e. The molecule has 7 heteroatoms. The van der Waals surface area contributed by atoms with Crippen molar-refractivity contribution in [2.24, 2.45) is 0 Å². The van der Waals surface area contributed by atoms with Crippen molar-refractivity contribution >= 4 is 44.9 Å². The molecule has 7 nitrogen and oxygen atoms in total. The van der Waals surface area contributed by atoms with Crippen LogP contribution in [0, 0.1) is 0 Å². The van der Waals surface area contributed by atoms with E-state index in [4.69, 9.17) is 5.11 Å². The van der Waals surface area contributed by atoms with E-state index >= 15 is 0 Å². The zero-order chi connectivity index (χ0) is 21.3. The van der Waals surface area contributed by atoms with Gasteiger partial charge in [0.05, 0.1) is 5.69 Å². The second kappa shape index (κ2) is 6.46. The Morgan fingerprint density at radius 2 is 1.52 bits per heavy atom. The number of aliphatic hydroxyl groups excluding tert-OH is 1. The number of benzene rings is 2. The molecule has 2 aromatic carbocycles. The normalized spacial score (nSPS) is 15.2. The summed E-state index contributed by atoms with van der Waals surface area (Å²) in [6.07, 6.45) is 1.71. The Morgan fingerprint density at radius 1 is 0.903 bits per heavy atom. The molecule has 2 aliphatic heterocycles.